The zero-order chi connectivity index (χ0) is 17.9. The number of rotatable bonds is 3. The number of benzene rings is 1. The zero-order valence-corrected chi connectivity index (χ0v) is 16.0. The number of likely N-dealkylation sites (tertiary alicyclic amines) is 1. The summed E-state index contributed by atoms with van der Waals surface area (Å²) >= 11 is 3.30. The Kier molecular flexibility index (Phi) is 6.01. The number of nitrogens with one attached hydrogen (secondary N) is 1. The fourth-order valence-corrected chi connectivity index (χ4v) is 3.23. The van der Waals surface area contributed by atoms with Crippen LogP contribution >= 0.6 is 15.9 Å². The molecule has 1 N–H and O–H groups in total. The van der Waals surface area contributed by atoms with E-state index in [0.717, 1.165) is 4.47 Å². The molecule has 0 bridgehead atoms. The molecular formula is C18H24BrFN2O2. The van der Waals surface area contributed by atoms with Crippen LogP contribution < -0.4 is 5.32 Å². The van der Waals surface area contributed by atoms with Gasteiger partial charge in [0.1, 0.15) is 5.82 Å². The highest BCUT2D eigenvalue weighted by Crippen LogP contribution is 2.24. The van der Waals surface area contributed by atoms with Crippen LogP contribution in [0.5, 0.6) is 0 Å². The van der Waals surface area contributed by atoms with Gasteiger partial charge in [0, 0.05) is 41.0 Å². The highest BCUT2D eigenvalue weighted by atomic mass is 79.9. The first kappa shape index (κ1) is 18.9. The molecule has 1 aromatic rings. The first-order valence-corrected chi connectivity index (χ1v) is 8.99. The number of nitrogens with zero attached hydrogens (tertiary/aromatic N) is 1. The molecule has 4 nitrogen and oxygen atoms in total. The monoisotopic (exact) mass is 398 g/mol. The topological polar surface area (TPSA) is 49.4 Å². The van der Waals surface area contributed by atoms with Crippen molar-refractivity contribution in [3.05, 3.63) is 34.1 Å². The molecule has 132 valence electrons. The smallest absolute Gasteiger partial charge is 0.227 e. The van der Waals surface area contributed by atoms with Gasteiger partial charge in [-0.3, -0.25) is 9.59 Å². The minimum atomic E-state index is -0.396. The molecule has 0 spiro atoms. The fraction of sp³-hybridized carbons (Fsp3) is 0.556. The van der Waals surface area contributed by atoms with E-state index in [1.165, 1.54) is 6.07 Å². The first-order chi connectivity index (χ1) is 11.2. The lowest BCUT2D eigenvalue weighted by Crippen LogP contribution is -2.46. The normalized spacial score (nSPS) is 16.1. The summed E-state index contributed by atoms with van der Waals surface area (Å²) in [6.07, 6.45) is 1.29. The summed E-state index contributed by atoms with van der Waals surface area (Å²) in [5.41, 5.74) is 0.0610. The standard InChI is InChI=1S/C18H24BrFN2O2/c1-18(2,3)17(24)22-8-6-12(7-9-22)16(23)21-11-13-10-14(19)4-5-15(13)20/h4-5,10,12H,6-9,11H2,1-3H3,(H,21,23). The van der Waals surface area contributed by atoms with Crippen molar-refractivity contribution in [1.29, 1.82) is 0 Å². The molecule has 1 aromatic carbocycles. The largest absolute Gasteiger partial charge is 0.352 e. The summed E-state index contributed by atoms with van der Waals surface area (Å²) in [6, 6.07) is 4.67. The summed E-state index contributed by atoms with van der Waals surface area (Å²) in [4.78, 5) is 26.4. The fourth-order valence-electron chi connectivity index (χ4n) is 2.82. The molecule has 1 aliphatic rings. The molecular weight excluding hydrogens is 375 g/mol. The van der Waals surface area contributed by atoms with Crippen LogP contribution in [0.1, 0.15) is 39.2 Å². The van der Waals surface area contributed by atoms with E-state index in [9.17, 15) is 14.0 Å². The molecule has 2 amide bonds. The quantitative estimate of drug-likeness (QED) is 0.846. The summed E-state index contributed by atoms with van der Waals surface area (Å²) in [7, 11) is 0. The Bertz CT molecular complexity index is 620. The number of carbonyl (C=O) groups excluding carboxylic acids is 2. The van der Waals surface area contributed by atoms with Crippen molar-refractivity contribution in [1.82, 2.24) is 10.2 Å². The van der Waals surface area contributed by atoms with Crippen LogP contribution in [-0.2, 0) is 16.1 Å². The van der Waals surface area contributed by atoms with Crippen LogP contribution in [0.25, 0.3) is 0 Å². The van der Waals surface area contributed by atoms with Gasteiger partial charge in [-0.2, -0.15) is 0 Å². The van der Waals surface area contributed by atoms with E-state index in [0.29, 0.717) is 31.5 Å². The van der Waals surface area contributed by atoms with Gasteiger partial charge >= 0.3 is 0 Å². The Morgan fingerprint density at radius 1 is 1.29 bits per heavy atom. The van der Waals surface area contributed by atoms with Crippen LogP contribution in [0.15, 0.2) is 22.7 Å². The van der Waals surface area contributed by atoms with E-state index in [1.807, 2.05) is 25.7 Å². The number of hydrogen-bond donors (Lipinski definition) is 1. The highest BCUT2D eigenvalue weighted by molar-refractivity contribution is 9.10. The van der Waals surface area contributed by atoms with Crippen LogP contribution in [-0.4, -0.2) is 29.8 Å². The second-order valence-corrected chi connectivity index (χ2v) is 8.19. The number of amides is 2. The lowest BCUT2D eigenvalue weighted by atomic mass is 9.90. The van der Waals surface area contributed by atoms with E-state index in [-0.39, 0.29) is 30.1 Å². The molecule has 0 aliphatic carbocycles. The van der Waals surface area contributed by atoms with Gasteiger partial charge in [-0.25, -0.2) is 4.39 Å². The predicted molar refractivity (Wildman–Crippen MR) is 94.7 cm³/mol. The molecule has 1 heterocycles. The molecule has 1 saturated heterocycles. The van der Waals surface area contributed by atoms with Gasteiger partial charge in [-0.05, 0) is 31.0 Å². The second kappa shape index (κ2) is 7.64. The minimum Gasteiger partial charge on any atom is -0.352 e. The molecule has 0 aromatic heterocycles. The molecule has 1 fully saturated rings. The van der Waals surface area contributed by atoms with E-state index in [4.69, 9.17) is 0 Å². The lowest BCUT2D eigenvalue weighted by Gasteiger charge is -2.35. The maximum Gasteiger partial charge on any atom is 0.227 e. The van der Waals surface area contributed by atoms with E-state index in [2.05, 4.69) is 21.2 Å². The van der Waals surface area contributed by atoms with Gasteiger partial charge in [-0.15, -0.1) is 0 Å². The van der Waals surface area contributed by atoms with Crippen molar-refractivity contribution in [2.24, 2.45) is 11.3 Å². The Morgan fingerprint density at radius 3 is 2.50 bits per heavy atom. The van der Waals surface area contributed by atoms with Crippen molar-refractivity contribution in [2.45, 2.75) is 40.2 Å². The van der Waals surface area contributed by atoms with Gasteiger partial charge < -0.3 is 10.2 Å². The predicted octanol–water partition coefficient (Wildman–Crippen LogP) is 3.49. The third kappa shape index (κ3) is 4.79. The molecule has 0 radical (unpaired) electrons. The summed E-state index contributed by atoms with van der Waals surface area (Å²) < 4.78 is 14.5. The lowest BCUT2D eigenvalue weighted by molar-refractivity contribution is -0.142. The van der Waals surface area contributed by atoms with Crippen molar-refractivity contribution in [3.63, 3.8) is 0 Å². The van der Waals surface area contributed by atoms with Gasteiger partial charge in [0.05, 0.1) is 0 Å². The van der Waals surface area contributed by atoms with Gasteiger partial charge in [0.2, 0.25) is 11.8 Å². The van der Waals surface area contributed by atoms with E-state index < -0.39 is 5.41 Å². The number of hydrogen-bond acceptors (Lipinski definition) is 2. The maximum absolute atomic E-state index is 13.7. The van der Waals surface area contributed by atoms with Crippen LogP contribution in [0.2, 0.25) is 0 Å². The van der Waals surface area contributed by atoms with E-state index in [1.54, 1.807) is 12.1 Å². The molecule has 6 heteroatoms. The minimum absolute atomic E-state index is 0.0720. The van der Waals surface area contributed by atoms with Crippen LogP contribution in [0.3, 0.4) is 0 Å². The SMILES string of the molecule is CC(C)(C)C(=O)N1CCC(C(=O)NCc2cc(Br)ccc2F)CC1. The van der Waals surface area contributed by atoms with Gasteiger partial charge in [0.15, 0.2) is 0 Å². The Morgan fingerprint density at radius 2 is 1.92 bits per heavy atom. The third-order valence-corrected chi connectivity index (χ3v) is 4.75. The average Bonchev–Trinajstić information content (AvgIpc) is 2.54. The molecule has 0 saturated carbocycles. The zero-order valence-electron chi connectivity index (χ0n) is 14.4. The van der Waals surface area contributed by atoms with Crippen molar-refractivity contribution < 1.29 is 14.0 Å². The number of halogens is 2. The number of carbonyl (C=O) groups is 2. The molecule has 1 aliphatic heterocycles. The van der Waals surface area contributed by atoms with Crippen LogP contribution in [0, 0.1) is 17.2 Å². The van der Waals surface area contributed by atoms with E-state index >= 15 is 0 Å². The van der Waals surface area contributed by atoms with Crippen molar-refractivity contribution in [2.75, 3.05) is 13.1 Å². The Balaban J connectivity index is 1.85. The molecule has 24 heavy (non-hydrogen) atoms. The molecule has 0 unspecified atom stereocenters. The highest BCUT2D eigenvalue weighted by Gasteiger charge is 2.32. The van der Waals surface area contributed by atoms with Crippen LogP contribution in [0.4, 0.5) is 4.39 Å². The second-order valence-electron chi connectivity index (χ2n) is 7.27. The summed E-state index contributed by atoms with van der Waals surface area (Å²) in [6.45, 7) is 7.08. The van der Waals surface area contributed by atoms with Gasteiger partial charge in [0.25, 0.3) is 0 Å². The summed E-state index contributed by atoms with van der Waals surface area (Å²) in [5.74, 6) is -0.400. The first-order valence-electron chi connectivity index (χ1n) is 8.19. The molecule has 0 atom stereocenters. The van der Waals surface area contributed by atoms with Crippen molar-refractivity contribution >= 4 is 27.7 Å². The summed E-state index contributed by atoms with van der Waals surface area (Å²) in [5, 5.41) is 2.81. The Labute approximate surface area is 150 Å². The Hall–Kier alpha value is -1.43. The third-order valence-electron chi connectivity index (χ3n) is 4.26. The average molecular weight is 399 g/mol. The van der Waals surface area contributed by atoms with Crippen molar-refractivity contribution in [3.8, 4) is 0 Å². The number of piperidine rings is 1. The van der Waals surface area contributed by atoms with Gasteiger partial charge in [-0.1, -0.05) is 36.7 Å². The molecule has 2 rings (SSSR count). The maximum atomic E-state index is 13.7.